The van der Waals surface area contributed by atoms with Crippen molar-refractivity contribution in [3.8, 4) is 0 Å². The summed E-state index contributed by atoms with van der Waals surface area (Å²) in [5.41, 5.74) is 3.24. The minimum absolute atomic E-state index is 0.0105. The predicted molar refractivity (Wildman–Crippen MR) is 106 cm³/mol. The molecule has 1 aliphatic rings. The lowest BCUT2D eigenvalue weighted by Crippen LogP contribution is -2.38. The third kappa shape index (κ3) is 4.67. The summed E-state index contributed by atoms with van der Waals surface area (Å²) in [4.78, 5) is 28.1. The van der Waals surface area contributed by atoms with Crippen LogP contribution in [0.25, 0.3) is 0 Å². The van der Waals surface area contributed by atoms with Gasteiger partial charge in [0.15, 0.2) is 0 Å². The molecule has 0 spiro atoms. The minimum Gasteiger partial charge on any atom is -0.338 e. The molecule has 1 heterocycles. The summed E-state index contributed by atoms with van der Waals surface area (Å²) in [6, 6.07) is 17.8. The van der Waals surface area contributed by atoms with E-state index >= 15 is 0 Å². The average Bonchev–Trinajstić information content (AvgIpc) is 3.11. The molecule has 5 heteroatoms. The van der Waals surface area contributed by atoms with Crippen molar-refractivity contribution in [2.75, 3.05) is 13.6 Å². The fourth-order valence-corrected chi connectivity index (χ4v) is 3.39. The molecule has 0 saturated carbocycles. The molecular weight excluding hydrogens is 338 g/mol. The largest absolute Gasteiger partial charge is 0.338 e. The molecule has 1 N–H and O–H groups in total. The summed E-state index contributed by atoms with van der Waals surface area (Å²) >= 11 is 0. The first-order chi connectivity index (χ1) is 13.1. The van der Waals surface area contributed by atoms with Gasteiger partial charge in [0, 0.05) is 33.1 Å². The van der Waals surface area contributed by atoms with Gasteiger partial charge in [0.2, 0.25) is 5.91 Å². The van der Waals surface area contributed by atoms with Crippen LogP contribution in [0, 0.1) is 0 Å². The van der Waals surface area contributed by atoms with Crippen LogP contribution in [0.15, 0.2) is 54.6 Å². The van der Waals surface area contributed by atoms with Crippen molar-refractivity contribution >= 4 is 11.9 Å². The second-order valence-electron chi connectivity index (χ2n) is 7.04. The van der Waals surface area contributed by atoms with Crippen molar-refractivity contribution in [2.24, 2.45) is 0 Å². The molecule has 142 valence electrons. The van der Waals surface area contributed by atoms with E-state index in [1.807, 2.05) is 73.5 Å². The number of carbonyl (C=O) groups is 2. The maximum absolute atomic E-state index is 12.6. The Bertz CT molecular complexity index is 791. The maximum Gasteiger partial charge on any atom is 0.317 e. The van der Waals surface area contributed by atoms with Crippen LogP contribution in [-0.4, -0.2) is 35.3 Å². The van der Waals surface area contributed by atoms with Gasteiger partial charge in [-0.05, 0) is 30.0 Å². The van der Waals surface area contributed by atoms with E-state index < -0.39 is 0 Å². The first kappa shape index (κ1) is 19.0. The number of benzene rings is 2. The number of carbonyl (C=O) groups excluding carboxylic acids is 2. The smallest absolute Gasteiger partial charge is 0.317 e. The molecule has 0 radical (unpaired) electrons. The number of urea groups is 1. The lowest BCUT2D eigenvalue weighted by Gasteiger charge is -2.26. The number of likely N-dealkylation sites (tertiary alicyclic amines) is 1. The first-order valence-electron chi connectivity index (χ1n) is 9.46. The van der Waals surface area contributed by atoms with E-state index in [-0.39, 0.29) is 18.0 Å². The highest BCUT2D eigenvalue weighted by Crippen LogP contribution is 2.19. The van der Waals surface area contributed by atoms with Crippen LogP contribution < -0.4 is 5.32 Å². The molecule has 1 fully saturated rings. The van der Waals surface area contributed by atoms with Crippen molar-refractivity contribution in [3.05, 3.63) is 71.3 Å². The third-order valence-corrected chi connectivity index (χ3v) is 5.26. The van der Waals surface area contributed by atoms with Crippen LogP contribution in [0.2, 0.25) is 0 Å². The van der Waals surface area contributed by atoms with E-state index in [1.165, 1.54) is 0 Å². The van der Waals surface area contributed by atoms with E-state index in [0.29, 0.717) is 19.5 Å². The van der Waals surface area contributed by atoms with Crippen molar-refractivity contribution in [1.29, 1.82) is 0 Å². The van der Waals surface area contributed by atoms with E-state index in [1.54, 1.807) is 4.90 Å². The van der Waals surface area contributed by atoms with E-state index in [2.05, 4.69) is 5.32 Å². The quantitative estimate of drug-likeness (QED) is 0.848. The topological polar surface area (TPSA) is 52.7 Å². The van der Waals surface area contributed by atoms with Crippen molar-refractivity contribution in [3.63, 3.8) is 0 Å². The molecular formula is C22H27N3O2. The highest BCUT2D eigenvalue weighted by atomic mass is 16.2. The van der Waals surface area contributed by atoms with Gasteiger partial charge in [0.05, 0.1) is 6.04 Å². The highest BCUT2D eigenvalue weighted by Gasteiger charge is 2.21. The van der Waals surface area contributed by atoms with Gasteiger partial charge >= 0.3 is 6.03 Å². The van der Waals surface area contributed by atoms with E-state index in [0.717, 1.165) is 29.7 Å². The van der Waals surface area contributed by atoms with Crippen molar-refractivity contribution in [1.82, 2.24) is 15.1 Å². The van der Waals surface area contributed by atoms with Crippen LogP contribution in [0.3, 0.4) is 0 Å². The standard InChI is InChI=1S/C22H27N3O2/c1-17(18-9-4-3-5-10-18)24(2)22(27)23-15-19-11-6-7-12-20(19)16-25-14-8-13-21(25)26/h3-7,9-12,17H,8,13-16H2,1-2H3,(H,23,27)/t17-/m0/s1. The summed E-state index contributed by atoms with van der Waals surface area (Å²) in [6.45, 7) is 3.89. The molecule has 0 unspecified atom stereocenters. The Morgan fingerprint density at radius 2 is 1.78 bits per heavy atom. The van der Waals surface area contributed by atoms with Crippen molar-refractivity contribution < 1.29 is 9.59 Å². The van der Waals surface area contributed by atoms with Crippen molar-refractivity contribution in [2.45, 2.75) is 38.9 Å². The zero-order chi connectivity index (χ0) is 19.2. The third-order valence-electron chi connectivity index (χ3n) is 5.26. The molecule has 3 rings (SSSR count). The summed E-state index contributed by atoms with van der Waals surface area (Å²) in [5.74, 6) is 0.213. The second kappa shape index (κ2) is 8.71. The van der Waals surface area contributed by atoms with Gasteiger partial charge in [0.25, 0.3) is 0 Å². The first-order valence-corrected chi connectivity index (χ1v) is 9.46. The normalized spacial score (nSPS) is 14.9. The Labute approximate surface area is 161 Å². The number of amides is 3. The maximum atomic E-state index is 12.6. The number of rotatable bonds is 6. The molecule has 2 aromatic rings. The molecule has 1 aliphatic heterocycles. The van der Waals surface area contributed by atoms with Gasteiger partial charge in [-0.3, -0.25) is 4.79 Å². The zero-order valence-corrected chi connectivity index (χ0v) is 16.0. The van der Waals surface area contributed by atoms with E-state index in [4.69, 9.17) is 0 Å². The second-order valence-corrected chi connectivity index (χ2v) is 7.04. The summed E-state index contributed by atoms with van der Waals surface area (Å²) in [7, 11) is 1.81. The predicted octanol–water partition coefficient (Wildman–Crippen LogP) is 3.71. The molecule has 5 nitrogen and oxygen atoms in total. The Morgan fingerprint density at radius 1 is 1.11 bits per heavy atom. The summed E-state index contributed by atoms with van der Waals surface area (Å²) < 4.78 is 0. The van der Waals surface area contributed by atoms with Gasteiger partial charge in [0.1, 0.15) is 0 Å². The Kier molecular flexibility index (Phi) is 6.12. The lowest BCUT2D eigenvalue weighted by molar-refractivity contribution is -0.128. The van der Waals surface area contributed by atoms with E-state index in [9.17, 15) is 9.59 Å². The number of nitrogens with one attached hydrogen (secondary N) is 1. The van der Waals surface area contributed by atoms with Gasteiger partial charge in [-0.15, -0.1) is 0 Å². The highest BCUT2D eigenvalue weighted by molar-refractivity contribution is 5.78. The van der Waals surface area contributed by atoms with Crippen LogP contribution in [-0.2, 0) is 17.9 Å². The number of nitrogens with zero attached hydrogens (tertiary/aromatic N) is 2. The molecule has 27 heavy (non-hydrogen) atoms. The van der Waals surface area contributed by atoms with Gasteiger partial charge in [-0.1, -0.05) is 54.6 Å². The molecule has 0 bridgehead atoms. The lowest BCUT2D eigenvalue weighted by atomic mass is 10.1. The van der Waals surface area contributed by atoms with Crippen LogP contribution >= 0.6 is 0 Å². The zero-order valence-electron chi connectivity index (χ0n) is 16.0. The Balaban J connectivity index is 1.61. The fraction of sp³-hybridized carbons (Fsp3) is 0.364. The van der Waals surface area contributed by atoms with Gasteiger partial charge in [-0.2, -0.15) is 0 Å². The fourth-order valence-electron chi connectivity index (χ4n) is 3.39. The van der Waals surface area contributed by atoms with Gasteiger partial charge in [-0.25, -0.2) is 4.79 Å². The summed E-state index contributed by atoms with van der Waals surface area (Å²) in [6.07, 6.45) is 1.57. The molecule has 0 aromatic heterocycles. The monoisotopic (exact) mass is 365 g/mol. The molecule has 3 amide bonds. The average molecular weight is 365 g/mol. The number of hydrogen-bond acceptors (Lipinski definition) is 2. The molecule has 2 aromatic carbocycles. The number of hydrogen-bond donors (Lipinski definition) is 1. The SMILES string of the molecule is C[C@@H](c1ccccc1)N(C)C(=O)NCc1ccccc1CN1CCCC1=O. The Morgan fingerprint density at radius 3 is 2.44 bits per heavy atom. The molecule has 1 atom stereocenters. The van der Waals surface area contributed by atoms with Crippen LogP contribution in [0.5, 0.6) is 0 Å². The summed E-state index contributed by atoms with van der Waals surface area (Å²) in [5, 5.41) is 3.01. The van der Waals surface area contributed by atoms with Gasteiger partial charge < -0.3 is 15.1 Å². The van der Waals surface area contributed by atoms with Crippen LogP contribution in [0.1, 0.15) is 42.5 Å². The Hall–Kier alpha value is -2.82. The minimum atomic E-state index is -0.113. The molecule has 1 saturated heterocycles. The van der Waals surface area contributed by atoms with Crippen LogP contribution in [0.4, 0.5) is 4.79 Å². The molecule has 0 aliphatic carbocycles.